The van der Waals surface area contributed by atoms with Crippen LogP contribution in [-0.4, -0.2) is 21.7 Å². The van der Waals surface area contributed by atoms with Gasteiger partial charge in [-0.05, 0) is 34.1 Å². The van der Waals surface area contributed by atoms with E-state index in [0.29, 0.717) is 10.8 Å². The predicted molar refractivity (Wildman–Crippen MR) is 103 cm³/mol. The summed E-state index contributed by atoms with van der Waals surface area (Å²) in [4.78, 5) is 47.9. The molecule has 1 aliphatic heterocycles. The van der Waals surface area contributed by atoms with Crippen LogP contribution < -0.4 is 4.90 Å². The first kappa shape index (κ1) is 17.7. The molecule has 0 saturated carbocycles. The minimum absolute atomic E-state index is 0.0125. The predicted octanol–water partition coefficient (Wildman–Crippen LogP) is 4.22. The summed E-state index contributed by atoms with van der Waals surface area (Å²) in [5.74, 6) is -1.35. The van der Waals surface area contributed by atoms with Crippen molar-refractivity contribution in [1.29, 1.82) is 0 Å². The molecule has 28 heavy (non-hydrogen) atoms. The standard InChI is InChI=1S/C18H8BrN3O6/c19-16-11-2-1-3-12-15(11)13(8-14(16)22(27)28)18(24)20(17(12)23)9-4-6-10(7-5-9)21(25)26/h1-8H. The minimum atomic E-state index is -0.738. The molecular formula is C18H8BrN3O6. The quantitative estimate of drug-likeness (QED) is 0.340. The Morgan fingerprint density at radius 1 is 0.857 bits per heavy atom. The average Bonchev–Trinajstić information content (AvgIpc) is 2.67. The molecule has 1 heterocycles. The number of carbonyl (C=O) groups is 2. The van der Waals surface area contributed by atoms with Crippen molar-refractivity contribution in [2.75, 3.05) is 4.90 Å². The van der Waals surface area contributed by atoms with Gasteiger partial charge in [0.05, 0.1) is 21.1 Å². The number of rotatable bonds is 3. The fourth-order valence-corrected chi connectivity index (χ4v) is 3.80. The summed E-state index contributed by atoms with van der Waals surface area (Å²) in [6, 6.07) is 10.7. The Bertz CT molecular complexity index is 1220. The fourth-order valence-electron chi connectivity index (χ4n) is 3.21. The van der Waals surface area contributed by atoms with Crippen LogP contribution in [-0.2, 0) is 0 Å². The van der Waals surface area contributed by atoms with Crippen molar-refractivity contribution in [3.05, 3.63) is 84.4 Å². The van der Waals surface area contributed by atoms with Crippen LogP contribution >= 0.6 is 15.9 Å². The van der Waals surface area contributed by atoms with Crippen LogP contribution in [0.2, 0.25) is 0 Å². The van der Waals surface area contributed by atoms with Crippen LogP contribution in [0.3, 0.4) is 0 Å². The lowest BCUT2D eigenvalue weighted by molar-refractivity contribution is -0.385. The second kappa shape index (κ2) is 6.20. The summed E-state index contributed by atoms with van der Waals surface area (Å²) in [7, 11) is 0. The van der Waals surface area contributed by atoms with Crippen molar-refractivity contribution < 1.29 is 19.4 Å². The van der Waals surface area contributed by atoms with Crippen LogP contribution in [0.1, 0.15) is 20.7 Å². The average molecular weight is 442 g/mol. The van der Waals surface area contributed by atoms with Crippen molar-refractivity contribution in [3.8, 4) is 0 Å². The third-order valence-electron chi connectivity index (χ3n) is 4.46. The minimum Gasteiger partial charge on any atom is -0.268 e. The van der Waals surface area contributed by atoms with E-state index in [9.17, 15) is 29.8 Å². The van der Waals surface area contributed by atoms with Crippen LogP contribution in [0.15, 0.2) is 53.0 Å². The highest BCUT2D eigenvalue weighted by Crippen LogP contribution is 2.40. The van der Waals surface area contributed by atoms with Crippen molar-refractivity contribution in [3.63, 3.8) is 0 Å². The number of halogens is 1. The Morgan fingerprint density at radius 3 is 2.11 bits per heavy atom. The van der Waals surface area contributed by atoms with Crippen LogP contribution in [0.25, 0.3) is 10.8 Å². The number of hydrogen-bond acceptors (Lipinski definition) is 6. The molecule has 0 fully saturated rings. The first-order valence-corrected chi connectivity index (χ1v) is 8.63. The third-order valence-corrected chi connectivity index (χ3v) is 5.29. The van der Waals surface area contributed by atoms with Gasteiger partial charge in [-0.2, -0.15) is 0 Å². The number of anilines is 1. The van der Waals surface area contributed by atoms with E-state index in [2.05, 4.69) is 15.9 Å². The lowest BCUT2D eigenvalue weighted by Crippen LogP contribution is -2.40. The highest BCUT2D eigenvalue weighted by Gasteiger charge is 2.36. The number of non-ortho nitro benzene ring substituents is 1. The monoisotopic (exact) mass is 441 g/mol. The molecule has 3 aromatic rings. The third kappa shape index (κ3) is 2.46. The zero-order chi connectivity index (χ0) is 20.2. The highest BCUT2D eigenvalue weighted by molar-refractivity contribution is 9.10. The van der Waals surface area contributed by atoms with Crippen molar-refractivity contribution in [2.24, 2.45) is 0 Å². The summed E-state index contributed by atoms with van der Waals surface area (Å²) < 4.78 is 0.183. The van der Waals surface area contributed by atoms with Gasteiger partial charge in [0, 0.05) is 34.5 Å². The maximum Gasteiger partial charge on any atom is 0.284 e. The molecule has 0 saturated heterocycles. The van der Waals surface area contributed by atoms with Gasteiger partial charge >= 0.3 is 0 Å². The second-order valence-electron chi connectivity index (χ2n) is 5.96. The summed E-state index contributed by atoms with van der Waals surface area (Å²) in [5, 5.41) is 22.9. The maximum absolute atomic E-state index is 13.1. The number of nitrogens with zero attached hydrogens (tertiary/aromatic N) is 3. The van der Waals surface area contributed by atoms with Gasteiger partial charge in [-0.1, -0.05) is 12.1 Å². The number of nitro benzene ring substituents is 2. The van der Waals surface area contributed by atoms with Gasteiger partial charge in [0.2, 0.25) is 0 Å². The van der Waals surface area contributed by atoms with Gasteiger partial charge in [0.1, 0.15) is 4.47 Å². The topological polar surface area (TPSA) is 124 Å². The van der Waals surface area contributed by atoms with E-state index < -0.39 is 21.7 Å². The zero-order valence-electron chi connectivity index (χ0n) is 13.8. The van der Waals surface area contributed by atoms with Gasteiger partial charge in [0.25, 0.3) is 23.2 Å². The van der Waals surface area contributed by atoms with Crippen molar-refractivity contribution in [1.82, 2.24) is 0 Å². The summed E-state index contributed by atoms with van der Waals surface area (Å²) >= 11 is 3.18. The molecule has 0 N–H and O–H groups in total. The van der Waals surface area contributed by atoms with E-state index in [0.717, 1.165) is 11.0 Å². The molecule has 0 radical (unpaired) electrons. The van der Waals surface area contributed by atoms with E-state index in [1.165, 1.54) is 30.3 Å². The van der Waals surface area contributed by atoms with Gasteiger partial charge in [-0.15, -0.1) is 0 Å². The van der Waals surface area contributed by atoms with Gasteiger partial charge < -0.3 is 0 Å². The summed E-state index contributed by atoms with van der Waals surface area (Å²) in [6.07, 6.45) is 0. The summed E-state index contributed by atoms with van der Waals surface area (Å²) in [5.41, 5.74) is -0.137. The maximum atomic E-state index is 13.1. The van der Waals surface area contributed by atoms with Gasteiger partial charge in [-0.3, -0.25) is 29.8 Å². The van der Waals surface area contributed by atoms with Gasteiger partial charge in [-0.25, -0.2) is 4.90 Å². The molecule has 0 bridgehead atoms. The molecule has 2 amide bonds. The molecule has 1 aliphatic rings. The fraction of sp³-hybridized carbons (Fsp3) is 0. The van der Waals surface area contributed by atoms with Gasteiger partial charge in [0.15, 0.2) is 0 Å². The Kier molecular flexibility index (Phi) is 3.93. The lowest BCUT2D eigenvalue weighted by atomic mass is 9.93. The molecule has 10 heteroatoms. The van der Waals surface area contributed by atoms with E-state index in [-0.39, 0.29) is 32.7 Å². The number of imide groups is 1. The zero-order valence-corrected chi connectivity index (χ0v) is 15.4. The number of hydrogen-bond donors (Lipinski definition) is 0. The molecule has 3 aromatic carbocycles. The van der Waals surface area contributed by atoms with E-state index in [1.54, 1.807) is 12.1 Å². The smallest absolute Gasteiger partial charge is 0.268 e. The molecule has 9 nitrogen and oxygen atoms in total. The number of benzene rings is 3. The molecule has 138 valence electrons. The second-order valence-corrected chi connectivity index (χ2v) is 6.75. The molecule has 0 spiro atoms. The normalized spacial score (nSPS) is 13.1. The molecule has 4 rings (SSSR count). The molecule has 0 aliphatic carbocycles. The number of amides is 2. The van der Waals surface area contributed by atoms with Crippen molar-refractivity contribution >= 4 is 55.6 Å². The number of nitro groups is 2. The first-order valence-electron chi connectivity index (χ1n) is 7.84. The number of carbonyl (C=O) groups excluding carboxylic acids is 2. The van der Waals surface area contributed by atoms with E-state index in [1.807, 2.05) is 0 Å². The largest absolute Gasteiger partial charge is 0.284 e. The Hall–Kier alpha value is -3.66. The molecule has 0 aromatic heterocycles. The van der Waals surface area contributed by atoms with E-state index >= 15 is 0 Å². The molecule has 0 atom stereocenters. The molecule has 0 unspecified atom stereocenters. The Labute approximate surface area is 164 Å². The van der Waals surface area contributed by atoms with Crippen molar-refractivity contribution in [2.45, 2.75) is 0 Å². The SMILES string of the molecule is O=C1c2cccc3c(Br)c([N+](=O)[O-])cc(c23)C(=O)N1c1ccc([N+](=O)[O-])cc1. The lowest BCUT2D eigenvalue weighted by Gasteiger charge is -2.27. The Morgan fingerprint density at radius 2 is 1.50 bits per heavy atom. The molecular weight excluding hydrogens is 434 g/mol. The Balaban J connectivity index is 1.96. The highest BCUT2D eigenvalue weighted by atomic mass is 79.9. The van der Waals surface area contributed by atoms with E-state index in [4.69, 9.17) is 0 Å². The van der Waals surface area contributed by atoms with Crippen LogP contribution in [0.5, 0.6) is 0 Å². The van der Waals surface area contributed by atoms with Crippen LogP contribution in [0.4, 0.5) is 17.1 Å². The first-order chi connectivity index (χ1) is 13.3. The summed E-state index contributed by atoms with van der Waals surface area (Å²) in [6.45, 7) is 0. The van der Waals surface area contributed by atoms with Crippen LogP contribution in [0, 0.1) is 20.2 Å².